The van der Waals surface area contributed by atoms with E-state index in [9.17, 15) is 0 Å². The lowest BCUT2D eigenvalue weighted by Crippen LogP contribution is -2.14. The molecule has 0 saturated carbocycles. The first kappa shape index (κ1) is 14.1. The molecule has 0 unspecified atom stereocenters. The quantitative estimate of drug-likeness (QED) is 0.816. The molecule has 0 saturated heterocycles. The van der Waals surface area contributed by atoms with Gasteiger partial charge in [0.2, 0.25) is 0 Å². The average Bonchev–Trinajstić information content (AvgIpc) is 2.88. The number of aromatic nitrogens is 2. The third-order valence-electron chi connectivity index (χ3n) is 3.11. The van der Waals surface area contributed by atoms with Crippen LogP contribution in [-0.2, 0) is 13.1 Å². The van der Waals surface area contributed by atoms with Crippen LogP contribution in [0.2, 0.25) is 5.02 Å². The van der Waals surface area contributed by atoms with Crippen LogP contribution in [-0.4, -0.2) is 16.3 Å². The van der Waals surface area contributed by atoms with E-state index in [1.165, 1.54) is 5.56 Å². The first-order valence-electron chi connectivity index (χ1n) is 6.77. The maximum atomic E-state index is 6.14. The van der Waals surface area contributed by atoms with Crippen molar-refractivity contribution in [1.82, 2.24) is 15.1 Å². The lowest BCUT2D eigenvalue weighted by Gasteiger charge is -2.12. The molecule has 1 heterocycles. The molecular weight excluding hydrogens is 258 g/mol. The fourth-order valence-electron chi connectivity index (χ4n) is 2.15. The van der Waals surface area contributed by atoms with E-state index in [0.717, 1.165) is 42.3 Å². The fraction of sp³-hybridized carbons (Fsp3) is 0.400. The summed E-state index contributed by atoms with van der Waals surface area (Å²) >= 11 is 6.14. The van der Waals surface area contributed by atoms with Gasteiger partial charge in [-0.05, 0) is 43.7 Å². The summed E-state index contributed by atoms with van der Waals surface area (Å²) in [6, 6.07) is 8.10. The van der Waals surface area contributed by atoms with Crippen LogP contribution in [0.25, 0.3) is 11.3 Å². The average molecular weight is 278 g/mol. The predicted molar refractivity (Wildman–Crippen MR) is 80.3 cm³/mol. The Kier molecular flexibility index (Phi) is 5.00. The molecule has 3 nitrogen and oxygen atoms in total. The molecular formula is C15H20ClN3. The summed E-state index contributed by atoms with van der Waals surface area (Å²) in [4.78, 5) is 0. The number of nitrogens with zero attached hydrogens (tertiary/aromatic N) is 2. The van der Waals surface area contributed by atoms with Gasteiger partial charge in [-0.15, -0.1) is 0 Å². The molecule has 0 bridgehead atoms. The van der Waals surface area contributed by atoms with Crippen molar-refractivity contribution in [1.29, 1.82) is 0 Å². The summed E-state index contributed by atoms with van der Waals surface area (Å²) in [6.07, 6.45) is 2.97. The van der Waals surface area contributed by atoms with Gasteiger partial charge in [-0.1, -0.05) is 24.6 Å². The second kappa shape index (κ2) is 6.73. The topological polar surface area (TPSA) is 29.9 Å². The molecule has 2 rings (SSSR count). The second-order valence-electron chi connectivity index (χ2n) is 4.51. The molecule has 1 aromatic carbocycles. The molecule has 4 heteroatoms. The molecule has 0 aliphatic heterocycles. The Morgan fingerprint density at radius 2 is 2.11 bits per heavy atom. The van der Waals surface area contributed by atoms with Gasteiger partial charge in [0.05, 0.1) is 5.69 Å². The number of hydrogen-bond acceptors (Lipinski definition) is 2. The number of rotatable bonds is 6. The van der Waals surface area contributed by atoms with Gasteiger partial charge in [-0.3, -0.25) is 4.68 Å². The van der Waals surface area contributed by atoms with Crippen LogP contribution in [0.5, 0.6) is 0 Å². The third kappa shape index (κ3) is 3.37. The summed E-state index contributed by atoms with van der Waals surface area (Å²) in [6.45, 7) is 7.00. The fourth-order valence-corrected chi connectivity index (χ4v) is 2.33. The molecule has 1 N–H and O–H groups in total. The third-order valence-corrected chi connectivity index (χ3v) is 3.34. The zero-order valence-corrected chi connectivity index (χ0v) is 12.2. The first-order valence-corrected chi connectivity index (χ1v) is 7.15. The molecule has 0 atom stereocenters. The van der Waals surface area contributed by atoms with Gasteiger partial charge in [-0.25, -0.2) is 0 Å². The smallest absolute Gasteiger partial charge is 0.0685 e. The maximum absolute atomic E-state index is 6.14. The van der Waals surface area contributed by atoms with E-state index in [1.807, 2.05) is 29.1 Å². The molecule has 102 valence electrons. The van der Waals surface area contributed by atoms with Crippen LogP contribution in [0, 0.1) is 0 Å². The van der Waals surface area contributed by atoms with Gasteiger partial charge in [0.1, 0.15) is 0 Å². The van der Waals surface area contributed by atoms with Crippen LogP contribution in [0.3, 0.4) is 0 Å². The van der Waals surface area contributed by atoms with Crippen molar-refractivity contribution in [2.75, 3.05) is 6.54 Å². The Hall–Kier alpha value is -1.32. The van der Waals surface area contributed by atoms with Gasteiger partial charge >= 0.3 is 0 Å². The van der Waals surface area contributed by atoms with E-state index < -0.39 is 0 Å². The highest BCUT2D eigenvalue weighted by Crippen LogP contribution is 2.27. The zero-order valence-electron chi connectivity index (χ0n) is 11.5. The molecule has 19 heavy (non-hydrogen) atoms. The highest BCUT2D eigenvalue weighted by molar-refractivity contribution is 6.30. The van der Waals surface area contributed by atoms with Crippen molar-refractivity contribution in [2.24, 2.45) is 0 Å². The zero-order chi connectivity index (χ0) is 13.7. The Morgan fingerprint density at radius 1 is 1.26 bits per heavy atom. The number of nitrogens with one attached hydrogen (secondary N) is 1. The Balaban J connectivity index is 2.34. The van der Waals surface area contributed by atoms with Crippen LogP contribution in [0.4, 0.5) is 0 Å². The normalized spacial score (nSPS) is 10.9. The summed E-state index contributed by atoms with van der Waals surface area (Å²) in [5.74, 6) is 0. The summed E-state index contributed by atoms with van der Waals surface area (Å²) in [5, 5.41) is 8.53. The minimum Gasteiger partial charge on any atom is -0.313 e. The van der Waals surface area contributed by atoms with Crippen LogP contribution in [0.1, 0.15) is 25.8 Å². The summed E-state index contributed by atoms with van der Waals surface area (Å²) in [7, 11) is 0. The summed E-state index contributed by atoms with van der Waals surface area (Å²) < 4.78 is 2.00. The standard InChI is InChI=1S/C15H20ClN3/c1-3-8-17-11-12-5-6-13(16)10-14(12)15-7-9-18-19(15)4-2/h5-7,9-10,17H,3-4,8,11H2,1-2H3. The van der Waals surface area contributed by atoms with Crippen molar-refractivity contribution in [2.45, 2.75) is 33.4 Å². The van der Waals surface area contributed by atoms with E-state index in [2.05, 4.69) is 30.3 Å². The Labute approximate surface area is 119 Å². The monoisotopic (exact) mass is 277 g/mol. The second-order valence-corrected chi connectivity index (χ2v) is 4.95. The maximum Gasteiger partial charge on any atom is 0.0685 e. The number of halogens is 1. The van der Waals surface area contributed by atoms with Gasteiger partial charge in [0.15, 0.2) is 0 Å². The van der Waals surface area contributed by atoms with Crippen molar-refractivity contribution >= 4 is 11.6 Å². The van der Waals surface area contributed by atoms with Crippen molar-refractivity contribution < 1.29 is 0 Å². The lowest BCUT2D eigenvalue weighted by atomic mass is 10.0. The highest BCUT2D eigenvalue weighted by atomic mass is 35.5. The largest absolute Gasteiger partial charge is 0.313 e. The first-order chi connectivity index (χ1) is 9.26. The van der Waals surface area contributed by atoms with Gasteiger partial charge in [0, 0.05) is 29.9 Å². The molecule has 1 aromatic heterocycles. The van der Waals surface area contributed by atoms with Gasteiger partial charge in [0.25, 0.3) is 0 Å². The minimum atomic E-state index is 0.762. The molecule has 0 spiro atoms. The summed E-state index contributed by atoms with van der Waals surface area (Å²) in [5.41, 5.74) is 3.54. The SMILES string of the molecule is CCCNCc1ccc(Cl)cc1-c1ccnn1CC. The highest BCUT2D eigenvalue weighted by Gasteiger charge is 2.10. The van der Waals surface area contributed by atoms with Crippen LogP contribution in [0.15, 0.2) is 30.5 Å². The van der Waals surface area contributed by atoms with Crippen molar-refractivity contribution in [3.05, 3.63) is 41.0 Å². The molecule has 2 aromatic rings. The van der Waals surface area contributed by atoms with Crippen molar-refractivity contribution in [3.63, 3.8) is 0 Å². The van der Waals surface area contributed by atoms with Crippen LogP contribution < -0.4 is 5.32 Å². The van der Waals surface area contributed by atoms with E-state index in [1.54, 1.807) is 0 Å². The van der Waals surface area contributed by atoms with E-state index >= 15 is 0 Å². The van der Waals surface area contributed by atoms with E-state index in [0.29, 0.717) is 0 Å². The Bertz CT molecular complexity index is 534. The number of hydrogen-bond donors (Lipinski definition) is 1. The van der Waals surface area contributed by atoms with Gasteiger partial charge in [-0.2, -0.15) is 5.10 Å². The van der Waals surface area contributed by atoms with E-state index in [4.69, 9.17) is 11.6 Å². The number of benzene rings is 1. The predicted octanol–water partition coefficient (Wildman–Crippen LogP) is 3.72. The molecule has 0 aliphatic rings. The van der Waals surface area contributed by atoms with Crippen LogP contribution >= 0.6 is 11.6 Å². The lowest BCUT2D eigenvalue weighted by molar-refractivity contribution is 0.660. The van der Waals surface area contributed by atoms with E-state index in [-0.39, 0.29) is 0 Å². The molecule has 0 fully saturated rings. The minimum absolute atomic E-state index is 0.762. The van der Waals surface area contributed by atoms with Gasteiger partial charge < -0.3 is 5.32 Å². The van der Waals surface area contributed by atoms with Crippen molar-refractivity contribution in [3.8, 4) is 11.3 Å². The number of aryl methyl sites for hydroxylation is 1. The Morgan fingerprint density at radius 3 is 2.84 bits per heavy atom. The molecule has 0 amide bonds. The molecule has 0 radical (unpaired) electrons. The molecule has 0 aliphatic carbocycles.